The molecule has 0 unspecified atom stereocenters. The van der Waals surface area contributed by atoms with Crippen LogP contribution in [0.15, 0.2) is 24.3 Å². The Morgan fingerprint density at radius 3 is 2.24 bits per heavy atom. The summed E-state index contributed by atoms with van der Waals surface area (Å²) < 4.78 is 36.9. The van der Waals surface area contributed by atoms with Gasteiger partial charge in [-0.1, -0.05) is 12.1 Å². The Bertz CT molecular complexity index is 590. The average Bonchev–Trinajstić information content (AvgIpc) is 2.37. The zero-order valence-corrected chi connectivity index (χ0v) is 14.0. The number of rotatable bonds is 2. The fourth-order valence-corrected chi connectivity index (χ4v) is 4.19. The summed E-state index contributed by atoms with van der Waals surface area (Å²) >= 11 is 0. The Kier molecular flexibility index (Phi) is 4.45. The summed E-state index contributed by atoms with van der Waals surface area (Å²) in [5.74, 6) is -0.267. The van der Waals surface area contributed by atoms with Crippen molar-refractivity contribution in [2.24, 2.45) is 0 Å². The number of sulfone groups is 1. The Labute approximate surface area is 127 Å². The van der Waals surface area contributed by atoms with Crippen LogP contribution >= 0.6 is 0 Å². The zero-order valence-electron chi connectivity index (χ0n) is 13.1. The van der Waals surface area contributed by atoms with Gasteiger partial charge in [0.05, 0.1) is 5.25 Å². The molecule has 21 heavy (non-hydrogen) atoms. The first kappa shape index (κ1) is 16.4. The van der Waals surface area contributed by atoms with Gasteiger partial charge in [0.2, 0.25) is 0 Å². The number of nitrogens with zero attached hydrogens (tertiary/aromatic N) is 1. The quantitative estimate of drug-likeness (QED) is 0.841. The fourth-order valence-electron chi connectivity index (χ4n) is 3.13. The first-order valence-corrected chi connectivity index (χ1v) is 9.25. The molecule has 3 nitrogen and oxygen atoms in total. The van der Waals surface area contributed by atoms with Crippen molar-refractivity contribution in [3.05, 3.63) is 35.6 Å². The second-order valence-corrected chi connectivity index (χ2v) is 9.23. The minimum Gasteiger partial charge on any atom is -0.291 e. The number of hydrogen-bond donors (Lipinski definition) is 0. The molecule has 0 aliphatic carbocycles. The number of piperidine rings is 1. The third-order valence-corrected chi connectivity index (χ3v) is 5.92. The number of halogens is 1. The largest absolute Gasteiger partial charge is 0.291 e. The van der Waals surface area contributed by atoms with Crippen LogP contribution in [0.25, 0.3) is 0 Å². The van der Waals surface area contributed by atoms with Crippen molar-refractivity contribution in [1.82, 2.24) is 4.90 Å². The molecule has 0 amide bonds. The number of likely N-dealkylation sites (tertiary alicyclic amines) is 1. The molecule has 0 radical (unpaired) electrons. The van der Waals surface area contributed by atoms with Gasteiger partial charge in [0, 0.05) is 24.4 Å². The number of hydrogen-bond acceptors (Lipinski definition) is 3. The smallest absolute Gasteiger partial charge is 0.150 e. The van der Waals surface area contributed by atoms with E-state index in [0.29, 0.717) is 12.8 Å². The summed E-state index contributed by atoms with van der Waals surface area (Å²) in [7, 11) is -3.04. The Morgan fingerprint density at radius 2 is 1.76 bits per heavy atom. The van der Waals surface area contributed by atoms with Crippen LogP contribution in [-0.2, 0) is 9.84 Å². The molecule has 118 valence electrons. The van der Waals surface area contributed by atoms with Gasteiger partial charge in [-0.3, -0.25) is 4.90 Å². The van der Waals surface area contributed by atoms with Crippen molar-refractivity contribution >= 4 is 9.84 Å². The van der Waals surface area contributed by atoms with E-state index in [1.165, 1.54) is 18.4 Å². The van der Waals surface area contributed by atoms with Crippen LogP contribution in [0.1, 0.15) is 45.2 Å². The first-order valence-electron chi connectivity index (χ1n) is 7.30. The van der Waals surface area contributed by atoms with Gasteiger partial charge in [-0.15, -0.1) is 0 Å². The lowest BCUT2D eigenvalue weighted by molar-refractivity contribution is 0.0522. The van der Waals surface area contributed by atoms with Crippen molar-refractivity contribution < 1.29 is 12.8 Å². The predicted octanol–water partition coefficient (Wildman–Crippen LogP) is 3.17. The molecule has 1 heterocycles. The van der Waals surface area contributed by atoms with E-state index in [2.05, 4.69) is 25.7 Å². The highest BCUT2D eigenvalue weighted by Crippen LogP contribution is 2.38. The van der Waals surface area contributed by atoms with Crippen LogP contribution < -0.4 is 0 Å². The molecule has 0 saturated carbocycles. The van der Waals surface area contributed by atoms with Crippen LogP contribution in [0.4, 0.5) is 4.39 Å². The van der Waals surface area contributed by atoms with Crippen molar-refractivity contribution in [3.63, 3.8) is 0 Å². The van der Waals surface area contributed by atoms with Crippen LogP contribution in [0.3, 0.4) is 0 Å². The second kappa shape index (κ2) is 5.69. The van der Waals surface area contributed by atoms with Gasteiger partial charge in [0.15, 0.2) is 0 Å². The third-order valence-electron chi connectivity index (χ3n) is 4.28. The fraction of sp³-hybridized carbons (Fsp3) is 0.625. The molecule has 1 fully saturated rings. The van der Waals surface area contributed by atoms with E-state index in [9.17, 15) is 12.8 Å². The van der Waals surface area contributed by atoms with Crippen LogP contribution in [0, 0.1) is 5.82 Å². The van der Waals surface area contributed by atoms with Crippen LogP contribution in [0.2, 0.25) is 0 Å². The summed E-state index contributed by atoms with van der Waals surface area (Å²) in [6, 6.07) is 6.44. The molecule has 2 rings (SSSR count). The summed E-state index contributed by atoms with van der Waals surface area (Å²) in [5, 5.41) is -0.314. The molecule has 0 aromatic heterocycles. The molecule has 0 N–H and O–H groups in total. The molecular formula is C16H24FNO2S. The van der Waals surface area contributed by atoms with Gasteiger partial charge in [-0.05, 0) is 51.3 Å². The van der Waals surface area contributed by atoms with Crippen LogP contribution in [0.5, 0.6) is 0 Å². The standard InChI is InChI=1S/C16H24FNO2S/c1-16(2,3)18-10-9-14(21(4,19)20)11-15(18)12-5-7-13(17)8-6-12/h5-8,14-15H,9-11H2,1-4H3/t14-,15+/m1/s1. The van der Waals surface area contributed by atoms with Crippen molar-refractivity contribution in [2.75, 3.05) is 12.8 Å². The minimum atomic E-state index is -3.04. The van der Waals surface area contributed by atoms with Gasteiger partial charge >= 0.3 is 0 Å². The molecule has 1 aromatic rings. The van der Waals surface area contributed by atoms with E-state index in [-0.39, 0.29) is 22.6 Å². The van der Waals surface area contributed by atoms with Crippen LogP contribution in [-0.4, -0.2) is 36.9 Å². The summed E-state index contributed by atoms with van der Waals surface area (Å²) in [4.78, 5) is 2.32. The first-order chi connectivity index (χ1) is 9.59. The summed E-state index contributed by atoms with van der Waals surface area (Å²) in [6.45, 7) is 7.13. The van der Waals surface area contributed by atoms with Crippen molar-refractivity contribution in [3.8, 4) is 0 Å². The SMILES string of the molecule is CC(C)(C)N1CC[C@@H](S(C)(=O)=O)C[C@H]1c1ccc(F)cc1. The third kappa shape index (κ3) is 3.83. The van der Waals surface area contributed by atoms with E-state index in [1.807, 2.05) is 0 Å². The highest BCUT2D eigenvalue weighted by atomic mass is 32.2. The predicted molar refractivity (Wildman–Crippen MR) is 83.5 cm³/mol. The lowest BCUT2D eigenvalue weighted by Crippen LogP contribution is -2.50. The zero-order chi connectivity index (χ0) is 15.8. The van der Waals surface area contributed by atoms with Gasteiger partial charge in [0.25, 0.3) is 0 Å². The minimum absolute atomic E-state index is 0.0130. The molecule has 0 spiro atoms. The van der Waals surface area contributed by atoms with E-state index in [1.54, 1.807) is 12.1 Å². The van der Waals surface area contributed by atoms with E-state index in [0.717, 1.165) is 12.1 Å². The highest BCUT2D eigenvalue weighted by molar-refractivity contribution is 7.91. The van der Waals surface area contributed by atoms with Crippen molar-refractivity contribution in [2.45, 2.75) is 50.4 Å². The van der Waals surface area contributed by atoms with Gasteiger partial charge in [-0.25, -0.2) is 12.8 Å². The summed E-state index contributed by atoms with van der Waals surface area (Å²) in [6.07, 6.45) is 2.54. The van der Waals surface area contributed by atoms with Gasteiger partial charge < -0.3 is 0 Å². The molecule has 1 aliphatic rings. The normalized spacial score (nSPS) is 25.0. The molecule has 1 aromatic carbocycles. The average molecular weight is 313 g/mol. The Hall–Kier alpha value is -0.940. The lowest BCUT2D eigenvalue weighted by atomic mass is 9.90. The van der Waals surface area contributed by atoms with Gasteiger partial charge in [-0.2, -0.15) is 0 Å². The molecule has 1 aliphatic heterocycles. The monoisotopic (exact) mass is 313 g/mol. The maximum atomic E-state index is 13.1. The maximum absolute atomic E-state index is 13.1. The molecule has 2 atom stereocenters. The second-order valence-electron chi connectivity index (χ2n) is 6.91. The molecule has 0 bridgehead atoms. The Balaban J connectivity index is 2.35. The van der Waals surface area contributed by atoms with Crippen molar-refractivity contribution in [1.29, 1.82) is 0 Å². The van der Waals surface area contributed by atoms with E-state index in [4.69, 9.17) is 0 Å². The topological polar surface area (TPSA) is 37.4 Å². The highest BCUT2D eigenvalue weighted by Gasteiger charge is 2.38. The van der Waals surface area contributed by atoms with E-state index >= 15 is 0 Å². The Morgan fingerprint density at radius 1 is 1.19 bits per heavy atom. The molecule has 1 saturated heterocycles. The van der Waals surface area contributed by atoms with Gasteiger partial charge in [0.1, 0.15) is 15.7 Å². The van der Waals surface area contributed by atoms with E-state index < -0.39 is 9.84 Å². The maximum Gasteiger partial charge on any atom is 0.150 e. The lowest BCUT2D eigenvalue weighted by Gasteiger charge is -2.46. The molecule has 5 heteroatoms. The summed E-state index contributed by atoms with van der Waals surface area (Å²) in [5.41, 5.74) is 0.932. The molecular weight excluding hydrogens is 289 g/mol. The number of benzene rings is 1.